The highest BCUT2D eigenvalue weighted by atomic mass is 16.5. The van der Waals surface area contributed by atoms with Crippen LogP contribution in [0.4, 0.5) is 0 Å². The molecule has 3 heterocycles. The highest BCUT2D eigenvalue weighted by Crippen LogP contribution is 2.49. The first-order chi connectivity index (χ1) is 14.9. The molecule has 10 heteroatoms. The van der Waals surface area contributed by atoms with Gasteiger partial charge >= 0.3 is 0 Å². The molecule has 10 nitrogen and oxygen atoms in total. The maximum atomic E-state index is 13.2. The zero-order chi connectivity index (χ0) is 22.2. The Balaban J connectivity index is 1.55. The van der Waals surface area contributed by atoms with Crippen LogP contribution in [0.25, 0.3) is 0 Å². The summed E-state index contributed by atoms with van der Waals surface area (Å²) in [6.07, 6.45) is 0. The summed E-state index contributed by atoms with van der Waals surface area (Å²) in [5, 5.41) is 3.91. The average Bonchev–Trinajstić information content (AvgIpc) is 3.35. The van der Waals surface area contributed by atoms with Crippen LogP contribution < -0.4 is 9.47 Å². The van der Waals surface area contributed by atoms with Crippen molar-refractivity contribution < 1.29 is 28.3 Å². The highest BCUT2D eigenvalue weighted by molar-refractivity contribution is 5.97. The third-order valence-electron chi connectivity index (χ3n) is 6.05. The second-order valence-electron chi connectivity index (χ2n) is 8.03. The van der Waals surface area contributed by atoms with Crippen LogP contribution >= 0.6 is 0 Å². The molecule has 1 atom stereocenters. The fourth-order valence-corrected chi connectivity index (χ4v) is 4.49. The van der Waals surface area contributed by atoms with Crippen molar-refractivity contribution in [2.24, 2.45) is 5.41 Å². The maximum absolute atomic E-state index is 13.2. The van der Waals surface area contributed by atoms with E-state index in [0.29, 0.717) is 55.0 Å². The Kier molecular flexibility index (Phi) is 5.57. The number of benzene rings is 1. The topological polar surface area (TPSA) is 107 Å². The van der Waals surface area contributed by atoms with Crippen LogP contribution in [0.2, 0.25) is 0 Å². The molecule has 1 aromatic heterocycles. The Morgan fingerprint density at radius 3 is 2.52 bits per heavy atom. The number of carbonyl (C=O) groups excluding carboxylic acids is 2. The molecule has 0 bridgehead atoms. The van der Waals surface area contributed by atoms with Crippen LogP contribution in [0.5, 0.6) is 11.5 Å². The molecule has 0 saturated carbocycles. The summed E-state index contributed by atoms with van der Waals surface area (Å²) in [6, 6.07) is 5.12. The van der Waals surface area contributed by atoms with Crippen molar-refractivity contribution in [3.63, 3.8) is 0 Å². The maximum Gasteiger partial charge on any atom is 0.257 e. The van der Waals surface area contributed by atoms with E-state index in [-0.39, 0.29) is 29.8 Å². The van der Waals surface area contributed by atoms with Gasteiger partial charge in [-0.25, -0.2) is 0 Å². The fourth-order valence-electron chi connectivity index (χ4n) is 4.49. The lowest BCUT2D eigenvalue weighted by molar-refractivity contribution is -0.134. The Bertz CT molecular complexity index is 984. The number of aryl methyl sites for hydroxylation is 1. The molecular weight excluding hydrogens is 404 g/mol. The number of carbonyl (C=O) groups is 2. The summed E-state index contributed by atoms with van der Waals surface area (Å²) in [7, 11) is 4.58. The summed E-state index contributed by atoms with van der Waals surface area (Å²) < 4.78 is 21.1. The SMILES string of the molecule is COCC(=O)N1CC(c2nc(C)no2)C2(C1)CN(C(=O)c1ccc(OC)cc1OC)C2. The van der Waals surface area contributed by atoms with E-state index < -0.39 is 0 Å². The van der Waals surface area contributed by atoms with Crippen molar-refractivity contribution in [1.29, 1.82) is 0 Å². The van der Waals surface area contributed by atoms with Crippen LogP contribution in [0.3, 0.4) is 0 Å². The minimum atomic E-state index is -0.336. The summed E-state index contributed by atoms with van der Waals surface area (Å²) >= 11 is 0. The van der Waals surface area contributed by atoms with Crippen molar-refractivity contribution >= 4 is 11.8 Å². The number of likely N-dealkylation sites (tertiary alicyclic amines) is 2. The number of hydrogen-bond donors (Lipinski definition) is 0. The molecule has 1 unspecified atom stereocenters. The smallest absolute Gasteiger partial charge is 0.257 e. The van der Waals surface area contributed by atoms with E-state index in [4.69, 9.17) is 18.7 Å². The summed E-state index contributed by atoms with van der Waals surface area (Å²) in [6.45, 7) is 3.68. The molecule has 2 aromatic rings. The molecule has 0 aliphatic carbocycles. The Morgan fingerprint density at radius 2 is 1.90 bits per heavy atom. The first-order valence-corrected chi connectivity index (χ1v) is 9.99. The molecule has 4 rings (SSSR count). The van der Waals surface area contributed by atoms with Crippen molar-refractivity contribution in [1.82, 2.24) is 19.9 Å². The molecule has 166 valence electrons. The Labute approximate surface area is 180 Å². The predicted molar refractivity (Wildman–Crippen MR) is 108 cm³/mol. The van der Waals surface area contributed by atoms with Crippen LogP contribution in [0.15, 0.2) is 22.7 Å². The van der Waals surface area contributed by atoms with E-state index in [1.807, 2.05) is 0 Å². The molecule has 2 aliphatic heterocycles. The summed E-state index contributed by atoms with van der Waals surface area (Å²) in [5.74, 6) is 1.74. The van der Waals surface area contributed by atoms with Gasteiger partial charge in [0.15, 0.2) is 5.82 Å². The molecule has 0 radical (unpaired) electrons. The highest BCUT2D eigenvalue weighted by Gasteiger charge is 2.58. The van der Waals surface area contributed by atoms with Gasteiger partial charge in [0, 0.05) is 44.8 Å². The zero-order valence-corrected chi connectivity index (χ0v) is 18.1. The van der Waals surface area contributed by atoms with Gasteiger partial charge in [0.2, 0.25) is 11.8 Å². The molecule has 1 spiro atoms. The van der Waals surface area contributed by atoms with E-state index in [9.17, 15) is 9.59 Å². The van der Waals surface area contributed by atoms with Gasteiger partial charge in [-0.05, 0) is 19.1 Å². The molecule has 1 aromatic carbocycles. The van der Waals surface area contributed by atoms with Crippen LogP contribution in [-0.2, 0) is 9.53 Å². The summed E-state index contributed by atoms with van der Waals surface area (Å²) in [4.78, 5) is 33.5. The van der Waals surface area contributed by atoms with Gasteiger partial charge in [0.05, 0.1) is 25.7 Å². The lowest BCUT2D eigenvalue weighted by atomic mass is 9.71. The van der Waals surface area contributed by atoms with Gasteiger partial charge in [-0.2, -0.15) is 4.98 Å². The first kappa shape index (κ1) is 21.1. The van der Waals surface area contributed by atoms with Crippen LogP contribution in [0.1, 0.15) is 28.0 Å². The molecule has 31 heavy (non-hydrogen) atoms. The number of aromatic nitrogens is 2. The summed E-state index contributed by atoms with van der Waals surface area (Å²) in [5.41, 5.74) is 0.131. The van der Waals surface area contributed by atoms with Crippen LogP contribution in [0, 0.1) is 12.3 Å². The van der Waals surface area contributed by atoms with Gasteiger partial charge < -0.3 is 28.5 Å². The van der Waals surface area contributed by atoms with E-state index in [1.54, 1.807) is 42.0 Å². The molecule has 2 amide bonds. The van der Waals surface area contributed by atoms with Crippen molar-refractivity contribution in [2.75, 3.05) is 54.1 Å². The predicted octanol–water partition coefficient (Wildman–Crippen LogP) is 1.11. The molecular formula is C21H26N4O6. The minimum absolute atomic E-state index is 0.0113. The number of methoxy groups -OCH3 is 3. The van der Waals surface area contributed by atoms with Crippen molar-refractivity contribution in [3.8, 4) is 11.5 Å². The van der Waals surface area contributed by atoms with Crippen molar-refractivity contribution in [3.05, 3.63) is 35.5 Å². The number of ether oxygens (including phenoxy) is 3. The zero-order valence-electron chi connectivity index (χ0n) is 18.1. The van der Waals surface area contributed by atoms with Gasteiger partial charge in [-0.15, -0.1) is 0 Å². The molecule has 0 N–H and O–H groups in total. The Hall–Kier alpha value is -3.14. The number of amides is 2. The lowest BCUT2D eigenvalue weighted by Gasteiger charge is -2.50. The van der Waals surface area contributed by atoms with Gasteiger partial charge in [0.1, 0.15) is 18.1 Å². The fraction of sp³-hybridized carbons (Fsp3) is 0.524. The van der Waals surface area contributed by atoms with E-state index in [2.05, 4.69) is 10.1 Å². The third-order valence-corrected chi connectivity index (χ3v) is 6.05. The quantitative estimate of drug-likeness (QED) is 0.671. The van der Waals surface area contributed by atoms with E-state index in [1.165, 1.54) is 14.2 Å². The first-order valence-electron chi connectivity index (χ1n) is 9.99. The molecule has 2 saturated heterocycles. The molecule has 2 aliphatic rings. The molecule has 2 fully saturated rings. The average molecular weight is 430 g/mol. The minimum Gasteiger partial charge on any atom is -0.497 e. The van der Waals surface area contributed by atoms with Crippen molar-refractivity contribution in [2.45, 2.75) is 12.8 Å². The third kappa shape index (κ3) is 3.71. The standard InChI is InChI=1S/C21H26N4O6/c1-13-22-19(31-23-13)16-8-24(18(26)9-28-2)10-21(16)11-25(12-21)20(27)15-6-5-14(29-3)7-17(15)30-4/h5-7,16H,8-12H2,1-4H3. The normalized spacial score (nSPS) is 19.4. The Morgan fingerprint density at radius 1 is 1.16 bits per heavy atom. The lowest BCUT2D eigenvalue weighted by Crippen LogP contribution is -2.61. The largest absolute Gasteiger partial charge is 0.497 e. The second-order valence-corrected chi connectivity index (χ2v) is 8.03. The number of nitrogens with zero attached hydrogens (tertiary/aromatic N) is 4. The van der Waals surface area contributed by atoms with Gasteiger partial charge in [0.25, 0.3) is 5.91 Å². The number of rotatable bonds is 6. The van der Waals surface area contributed by atoms with E-state index >= 15 is 0 Å². The number of hydrogen-bond acceptors (Lipinski definition) is 8. The second kappa shape index (κ2) is 8.18. The monoisotopic (exact) mass is 430 g/mol. The van der Waals surface area contributed by atoms with E-state index in [0.717, 1.165) is 0 Å². The van der Waals surface area contributed by atoms with Crippen LogP contribution in [-0.4, -0.2) is 85.9 Å². The van der Waals surface area contributed by atoms with Gasteiger partial charge in [-0.3, -0.25) is 9.59 Å². The van der Waals surface area contributed by atoms with Gasteiger partial charge in [-0.1, -0.05) is 5.16 Å².